The minimum absolute atomic E-state index is 0.0782. The molecular weight excluding hydrogens is 336 g/mol. The van der Waals surface area contributed by atoms with Crippen molar-refractivity contribution in [1.82, 2.24) is 9.62 Å². The minimum Gasteiger partial charge on any atom is -0.352 e. The van der Waals surface area contributed by atoms with Gasteiger partial charge in [-0.25, -0.2) is 12.7 Å². The maximum atomic E-state index is 12.6. The number of nitrogens with one attached hydrogen (secondary N) is 1. The molecule has 1 heterocycles. The largest absolute Gasteiger partial charge is 0.352 e. The summed E-state index contributed by atoms with van der Waals surface area (Å²) in [7, 11) is -3.45. The third kappa shape index (κ3) is 5.06. The van der Waals surface area contributed by atoms with Gasteiger partial charge in [0.25, 0.3) is 0 Å². The molecule has 2 rings (SSSR count). The lowest BCUT2D eigenvalue weighted by atomic mass is 9.99. The average molecular weight is 357 g/mol. The number of hydrogen-bond acceptors (Lipinski definition) is 3. The van der Waals surface area contributed by atoms with E-state index >= 15 is 0 Å². The van der Waals surface area contributed by atoms with Gasteiger partial charge in [-0.1, -0.05) is 29.8 Å². The third-order valence-electron chi connectivity index (χ3n) is 3.83. The Morgan fingerprint density at radius 3 is 2.74 bits per heavy atom. The number of carbonyl (C=O) groups is 1. The fourth-order valence-corrected chi connectivity index (χ4v) is 4.35. The van der Waals surface area contributed by atoms with Crippen LogP contribution in [0.25, 0.3) is 0 Å². The zero-order valence-corrected chi connectivity index (χ0v) is 14.4. The molecule has 23 heavy (non-hydrogen) atoms. The van der Waals surface area contributed by atoms with Crippen molar-refractivity contribution < 1.29 is 13.2 Å². The Morgan fingerprint density at radius 2 is 2.09 bits per heavy atom. The van der Waals surface area contributed by atoms with Crippen molar-refractivity contribution in [3.05, 3.63) is 47.5 Å². The molecule has 126 valence electrons. The molecule has 1 aromatic rings. The van der Waals surface area contributed by atoms with Gasteiger partial charge in [-0.05, 0) is 30.5 Å². The molecule has 1 aliphatic heterocycles. The maximum Gasteiger partial charge on any atom is 0.224 e. The third-order valence-corrected chi connectivity index (χ3v) is 5.90. The molecule has 1 saturated heterocycles. The Labute approximate surface area is 142 Å². The van der Waals surface area contributed by atoms with Gasteiger partial charge in [-0.2, -0.15) is 0 Å². The number of benzene rings is 1. The Balaban J connectivity index is 2.02. The highest BCUT2D eigenvalue weighted by Crippen LogP contribution is 2.22. The highest BCUT2D eigenvalue weighted by atomic mass is 35.5. The number of amides is 1. The Kier molecular flexibility index (Phi) is 6.21. The topological polar surface area (TPSA) is 66.5 Å². The minimum atomic E-state index is -3.45. The van der Waals surface area contributed by atoms with Crippen LogP contribution in [0.15, 0.2) is 36.9 Å². The summed E-state index contributed by atoms with van der Waals surface area (Å²) in [6, 6.07) is 6.76. The Bertz CT molecular complexity index is 658. The summed E-state index contributed by atoms with van der Waals surface area (Å²) in [4.78, 5) is 12.0. The second kappa shape index (κ2) is 7.95. The van der Waals surface area contributed by atoms with Crippen molar-refractivity contribution >= 4 is 27.5 Å². The van der Waals surface area contributed by atoms with Gasteiger partial charge in [0.15, 0.2) is 0 Å². The molecular formula is C16H21ClN2O3S. The molecule has 0 bridgehead atoms. The fraction of sp³-hybridized carbons (Fsp3) is 0.438. The Hall–Kier alpha value is -1.37. The first kappa shape index (κ1) is 18.0. The van der Waals surface area contributed by atoms with Gasteiger partial charge < -0.3 is 5.32 Å². The van der Waals surface area contributed by atoms with Crippen molar-refractivity contribution in [2.75, 3.05) is 19.6 Å². The molecule has 0 radical (unpaired) electrons. The molecule has 5 nitrogen and oxygen atoms in total. The molecule has 1 N–H and O–H groups in total. The number of piperidine rings is 1. The summed E-state index contributed by atoms with van der Waals surface area (Å²) in [5.74, 6) is -0.495. The summed E-state index contributed by atoms with van der Waals surface area (Å²) >= 11 is 5.82. The van der Waals surface area contributed by atoms with E-state index in [2.05, 4.69) is 11.9 Å². The van der Waals surface area contributed by atoms with Crippen LogP contribution in [-0.2, 0) is 20.6 Å². The van der Waals surface area contributed by atoms with E-state index in [0.29, 0.717) is 36.5 Å². The standard InChI is InChI=1S/C16H21ClN2O3S/c1-2-9-18-16(20)14-4-3-10-19(11-14)23(21,22)12-13-5-7-15(17)8-6-13/h2,5-8,14H,1,3-4,9-12H2,(H,18,20). The van der Waals surface area contributed by atoms with E-state index in [-0.39, 0.29) is 24.1 Å². The van der Waals surface area contributed by atoms with Crippen LogP contribution in [0.2, 0.25) is 5.02 Å². The van der Waals surface area contributed by atoms with E-state index in [1.165, 1.54) is 4.31 Å². The van der Waals surface area contributed by atoms with Crippen molar-refractivity contribution in [2.45, 2.75) is 18.6 Å². The number of carbonyl (C=O) groups excluding carboxylic acids is 1. The van der Waals surface area contributed by atoms with Gasteiger partial charge in [-0.3, -0.25) is 4.79 Å². The highest BCUT2D eigenvalue weighted by molar-refractivity contribution is 7.88. The van der Waals surface area contributed by atoms with Crippen molar-refractivity contribution in [1.29, 1.82) is 0 Å². The summed E-state index contributed by atoms with van der Waals surface area (Å²) in [6.45, 7) is 4.64. The first-order valence-corrected chi connectivity index (χ1v) is 9.52. The van der Waals surface area contributed by atoms with E-state index in [4.69, 9.17) is 11.6 Å². The van der Waals surface area contributed by atoms with Gasteiger partial charge >= 0.3 is 0 Å². The number of hydrogen-bond donors (Lipinski definition) is 1. The van der Waals surface area contributed by atoms with Crippen LogP contribution in [0.4, 0.5) is 0 Å². The zero-order chi connectivity index (χ0) is 16.9. The molecule has 0 spiro atoms. The van der Waals surface area contributed by atoms with E-state index in [0.717, 1.165) is 0 Å². The molecule has 1 fully saturated rings. The maximum absolute atomic E-state index is 12.6. The number of sulfonamides is 1. The first-order valence-electron chi connectivity index (χ1n) is 7.53. The van der Waals surface area contributed by atoms with Gasteiger partial charge in [0.05, 0.1) is 11.7 Å². The van der Waals surface area contributed by atoms with Crippen LogP contribution in [-0.4, -0.2) is 38.3 Å². The quantitative estimate of drug-likeness (QED) is 0.794. The monoisotopic (exact) mass is 356 g/mol. The summed E-state index contributed by atoms with van der Waals surface area (Å²) in [6.07, 6.45) is 3.00. The molecule has 0 saturated carbocycles. The average Bonchev–Trinajstić information content (AvgIpc) is 2.54. The van der Waals surface area contributed by atoms with Crippen LogP contribution in [0.1, 0.15) is 18.4 Å². The zero-order valence-electron chi connectivity index (χ0n) is 12.9. The molecule has 1 aromatic carbocycles. The van der Waals surface area contributed by atoms with Crippen LogP contribution >= 0.6 is 11.6 Å². The molecule has 1 aliphatic rings. The normalized spacial score (nSPS) is 19.3. The van der Waals surface area contributed by atoms with Gasteiger partial charge in [0.1, 0.15) is 0 Å². The molecule has 1 unspecified atom stereocenters. The molecule has 0 aromatic heterocycles. The van der Waals surface area contributed by atoms with Crippen molar-refractivity contribution in [3.8, 4) is 0 Å². The van der Waals surface area contributed by atoms with Crippen LogP contribution < -0.4 is 5.32 Å². The van der Waals surface area contributed by atoms with Gasteiger partial charge in [-0.15, -0.1) is 6.58 Å². The van der Waals surface area contributed by atoms with Crippen LogP contribution in [0.3, 0.4) is 0 Å². The smallest absolute Gasteiger partial charge is 0.224 e. The molecule has 1 atom stereocenters. The lowest BCUT2D eigenvalue weighted by Crippen LogP contribution is -2.45. The van der Waals surface area contributed by atoms with E-state index in [1.807, 2.05) is 0 Å². The second-order valence-corrected chi connectivity index (χ2v) is 8.02. The SMILES string of the molecule is C=CCNC(=O)C1CCCN(S(=O)(=O)Cc2ccc(Cl)cc2)C1. The van der Waals surface area contributed by atoms with E-state index in [1.54, 1.807) is 30.3 Å². The number of nitrogens with zero attached hydrogens (tertiary/aromatic N) is 1. The second-order valence-electron chi connectivity index (χ2n) is 5.61. The number of rotatable bonds is 6. The summed E-state index contributed by atoms with van der Waals surface area (Å²) < 4.78 is 26.6. The Morgan fingerprint density at radius 1 is 1.39 bits per heavy atom. The predicted molar refractivity (Wildman–Crippen MR) is 91.6 cm³/mol. The predicted octanol–water partition coefficient (Wildman–Crippen LogP) is 2.18. The van der Waals surface area contributed by atoms with Gasteiger partial charge in [0.2, 0.25) is 15.9 Å². The van der Waals surface area contributed by atoms with Crippen molar-refractivity contribution in [3.63, 3.8) is 0 Å². The molecule has 7 heteroatoms. The lowest BCUT2D eigenvalue weighted by molar-refractivity contribution is -0.125. The van der Waals surface area contributed by atoms with E-state index < -0.39 is 10.0 Å². The molecule has 0 aliphatic carbocycles. The highest BCUT2D eigenvalue weighted by Gasteiger charge is 2.32. The molecule has 1 amide bonds. The fourth-order valence-electron chi connectivity index (χ4n) is 2.61. The first-order chi connectivity index (χ1) is 10.9. The summed E-state index contributed by atoms with van der Waals surface area (Å²) in [5.41, 5.74) is 0.688. The summed E-state index contributed by atoms with van der Waals surface area (Å²) in [5, 5.41) is 3.31. The lowest BCUT2D eigenvalue weighted by Gasteiger charge is -2.31. The van der Waals surface area contributed by atoms with Crippen LogP contribution in [0.5, 0.6) is 0 Å². The van der Waals surface area contributed by atoms with Crippen molar-refractivity contribution in [2.24, 2.45) is 5.92 Å². The number of halogens is 1. The van der Waals surface area contributed by atoms with Gasteiger partial charge in [0, 0.05) is 24.7 Å². The van der Waals surface area contributed by atoms with Crippen LogP contribution in [0, 0.1) is 5.92 Å². The van der Waals surface area contributed by atoms with E-state index in [9.17, 15) is 13.2 Å².